The lowest BCUT2D eigenvalue weighted by Gasteiger charge is -2.40. The van der Waals surface area contributed by atoms with Crippen molar-refractivity contribution < 1.29 is 4.74 Å². The van der Waals surface area contributed by atoms with Gasteiger partial charge in [-0.25, -0.2) is 4.98 Å². The lowest BCUT2D eigenvalue weighted by atomic mass is 9.87. The number of hydrogen-bond acceptors (Lipinski definition) is 3. The van der Waals surface area contributed by atoms with Crippen LogP contribution in [0.25, 0.3) is 11.0 Å². The van der Waals surface area contributed by atoms with Crippen LogP contribution in [0.5, 0.6) is 5.75 Å². The van der Waals surface area contributed by atoms with E-state index in [0.717, 1.165) is 43.6 Å². The number of likely N-dealkylation sites (tertiary alicyclic amines) is 1. The van der Waals surface area contributed by atoms with Crippen LogP contribution in [0.1, 0.15) is 68.5 Å². The van der Waals surface area contributed by atoms with Crippen LogP contribution in [0.4, 0.5) is 0 Å². The van der Waals surface area contributed by atoms with Crippen molar-refractivity contribution in [2.75, 3.05) is 13.7 Å². The zero-order valence-electron chi connectivity index (χ0n) is 21.4. The number of nitrogens with zero attached hydrogens (tertiary/aromatic N) is 3. The highest BCUT2D eigenvalue weighted by molar-refractivity contribution is 5.78. The zero-order chi connectivity index (χ0) is 24.0. The van der Waals surface area contributed by atoms with Gasteiger partial charge in [-0.15, -0.1) is 0 Å². The molecule has 1 aromatic heterocycles. The van der Waals surface area contributed by atoms with Gasteiger partial charge in [0, 0.05) is 24.7 Å². The molecule has 1 saturated heterocycles. The molecule has 0 amide bonds. The first-order chi connectivity index (χ1) is 16.4. The van der Waals surface area contributed by atoms with E-state index >= 15 is 0 Å². The minimum Gasteiger partial charge on any atom is -0.497 e. The van der Waals surface area contributed by atoms with Crippen LogP contribution in [-0.4, -0.2) is 28.1 Å². The molecule has 1 aliphatic carbocycles. The number of allylic oxidation sites excluding steroid dienone is 3. The number of fused-ring (bicyclic) bond motifs is 1. The van der Waals surface area contributed by atoms with Crippen LogP contribution in [0, 0.1) is 19.9 Å². The third kappa shape index (κ3) is 3.64. The highest BCUT2D eigenvalue weighted by Gasteiger charge is 2.44. The Morgan fingerprint density at radius 2 is 1.94 bits per heavy atom. The van der Waals surface area contributed by atoms with Gasteiger partial charge in [-0.2, -0.15) is 0 Å². The van der Waals surface area contributed by atoms with Crippen molar-refractivity contribution in [3.05, 3.63) is 82.3 Å². The third-order valence-corrected chi connectivity index (χ3v) is 7.91. The number of aryl methyl sites for hydroxylation is 3. The Morgan fingerprint density at radius 1 is 1.15 bits per heavy atom. The summed E-state index contributed by atoms with van der Waals surface area (Å²) in [5.74, 6) is 2.31. The second kappa shape index (κ2) is 8.65. The smallest absolute Gasteiger partial charge is 0.135 e. The van der Waals surface area contributed by atoms with Gasteiger partial charge in [0.2, 0.25) is 0 Å². The third-order valence-electron chi connectivity index (χ3n) is 7.91. The van der Waals surface area contributed by atoms with Gasteiger partial charge >= 0.3 is 0 Å². The topological polar surface area (TPSA) is 30.3 Å². The molecule has 0 N–H and O–H groups in total. The first kappa shape index (κ1) is 22.8. The summed E-state index contributed by atoms with van der Waals surface area (Å²) < 4.78 is 7.92. The fourth-order valence-corrected chi connectivity index (χ4v) is 5.76. The van der Waals surface area contributed by atoms with Crippen LogP contribution in [0.3, 0.4) is 0 Å². The van der Waals surface area contributed by atoms with Gasteiger partial charge in [-0.05, 0) is 106 Å². The molecule has 4 nitrogen and oxygen atoms in total. The summed E-state index contributed by atoms with van der Waals surface area (Å²) in [6.45, 7) is 13.2. The van der Waals surface area contributed by atoms with Crippen LogP contribution in [-0.2, 0) is 12.1 Å². The van der Waals surface area contributed by atoms with E-state index in [1.54, 1.807) is 7.11 Å². The van der Waals surface area contributed by atoms with Crippen LogP contribution < -0.4 is 4.74 Å². The van der Waals surface area contributed by atoms with E-state index in [-0.39, 0.29) is 11.5 Å². The van der Waals surface area contributed by atoms with Crippen molar-refractivity contribution >= 4 is 11.0 Å². The van der Waals surface area contributed by atoms with Crippen molar-refractivity contribution in [2.24, 2.45) is 0 Å². The van der Waals surface area contributed by atoms with E-state index in [1.807, 2.05) is 6.07 Å². The van der Waals surface area contributed by atoms with Gasteiger partial charge in [-0.3, -0.25) is 0 Å². The lowest BCUT2D eigenvalue weighted by molar-refractivity contribution is 0.190. The largest absolute Gasteiger partial charge is 0.497 e. The zero-order valence-corrected chi connectivity index (χ0v) is 21.4. The Kier molecular flexibility index (Phi) is 5.79. The summed E-state index contributed by atoms with van der Waals surface area (Å²) in [7, 11) is 1.73. The van der Waals surface area contributed by atoms with Crippen LogP contribution in [0.2, 0.25) is 0 Å². The van der Waals surface area contributed by atoms with Gasteiger partial charge in [-0.1, -0.05) is 18.2 Å². The first-order valence-corrected chi connectivity index (χ1v) is 12.6. The quantitative estimate of drug-likeness (QED) is 0.424. The van der Waals surface area contributed by atoms with Gasteiger partial charge < -0.3 is 14.2 Å². The fourth-order valence-electron chi connectivity index (χ4n) is 5.76. The monoisotopic (exact) mass is 454 g/mol. The molecule has 1 fully saturated rings. The highest BCUT2D eigenvalue weighted by Crippen LogP contribution is 2.45. The van der Waals surface area contributed by atoms with Crippen LogP contribution >= 0.6 is 0 Å². The van der Waals surface area contributed by atoms with Gasteiger partial charge in [0.15, 0.2) is 0 Å². The van der Waals surface area contributed by atoms with E-state index in [1.165, 1.54) is 39.3 Å². The van der Waals surface area contributed by atoms with Crippen molar-refractivity contribution in [1.82, 2.24) is 14.5 Å². The normalized spacial score (nSPS) is 22.8. The maximum absolute atomic E-state index is 5.48. The molecule has 3 aromatic rings. The predicted octanol–water partition coefficient (Wildman–Crippen LogP) is 6.81. The minimum atomic E-state index is -0.162. The van der Waals surface area contributed by atoms with E-state index in [2.05, 4.69) is 86.6 Å². The number of aromatic nitrogens is 2. The maximum atomic E-state index is 5.48. The molecule has 2 aromatic carbocycles. The number of rotatable bonds is 5. The molecule has 2 aliphatic rings. The van der Waals surface area contributed by atoms with Crippen molar-refractivity contribution in [1.29, 1.82) is 0 Å². The molecule has 34 heavy (non-hydrogen) atoms. The summed E-state index contributed by atoms with van der Waals surface area (Å²) >= 11 is 0. The Balaban J connectivity index is 1.59. The van der Waals surface area contributed by atoms with Gasteiger partial charge in [0.25, 0.3) is 0 Å². The summed E-state index contributed by atoms with van der Waals surface area (Å²) in [6.07, 6.45) is 9.51. The van der Waals surface area contributed by atoms with Crippen LogP contribution in [0.15, 0.2) is 53.7 Å². The summed E-state index contributed by atoms with van der Waals surface area (Å²) in [5.41, 5.74) is 8.63. The van der Waals surface area contributed by atoms with E-state index in [9.17, 15) is 0 Å². The Hall–Kier alpha value is -3.01. The van der Waals surface area contributed by atoms with Crippen molar-refractivity contribution in [2.45, 2.75) is 71.9 Å². The molecule has 0 spiro atoms. The molecule has 1 radical (unpaired) electrons. The Morgan fingerprint density at radius 3 is 2.71 bits per heavy atom. The highest BCUT2D eigenvalue weighted by atomic mass is 16.5. The molecule has 177 valence electrons. The number of ether oxygens (including phenoxy) is 1. The second-order valence-electron chi connectivity index (χ2n) is 10.1. The lowest BCUT2D eigenvalue weighted by Crippen LogP contribution is -2.41. The van der Waals surface area contributed by atoms with Crippen molar-refractivity contribution in [3.8, 4) is 5.75 Å². The van der Waals surface area contributed by atoms with E-state index in [0.29, 0.717) is 0 Å². The van der Waals surface area contributed by atoms with Gasteiger partial charge in [0.1, 0.15) is 11.6 Å². The molecular weight excluding hydrogens is 418 g/mol. The standard InChI is InChI=1S/C30H36N3O/c1-7-32-28-17-22(4)21(3)16-26(28)31-29(32)30(5)14-9-15-33(30)27-19-24(13-12-20(27)2)23-10-8-11-25(18-23)34-6/h8,10-12,16-18,24H,7,9,13-15H2,1-6H3/t24?,30-/m0/s1. The maximum Gasteiger partial charge on any atom is 0.135 e. The molecule has 2 atom stereocenters. The number of hydrogen-bond donors (Lipinski definition) is 0. The minimum absolute atomic E-state index is 0.162. The summed E-state index contributed by atoms with van der Waals surface area (Å²) in [6, 6.07) is 13.0. The average Bonchev–Trinajstić information content (AvgIpc) is 3.40. The summed E-state index contributed by atoms with van der Waals surface area (Å²) in [4.78, 5) is 7.83. The number of imidazole rings is 1. The van der Waals surface area contributed by atoms with E-state index in [4.69, 9.17) is 9.72 Å². The Labute approximate surface area is 203 Å². The molecule has 0 saturated carbocycles. The molecule has 0 bridgehead atoms. The average molecular weight is 455 g/mol. The molecular formula is C30H36N3O. The first-order valence-electron chi connectivity index (χ1n) is 12.6. The molecule has 1 aliphatic heterocycles. The van der Waals surface area contributed by atoms with Gasteiger partial charge in [0.05, 0.1) is 23.7 Å². The molecule has 1 unspecified atom stereocenters. The number of benzene rings is 2. The predicted molar refractivity (Wildman–Crippen MR) is 139 cm³/mol. The van der Waals surface area contributed by atoms with E-state index < -0.39 is 0 Å². The fraction of sp³-hybridized carbons (Fsp3) is 0.433. The summed E-state index contributed by atoms with van der Waals surface area (Å²) in [5, 5.41) is 0. The Bertz CT molecular complexity index is 1300. The molecule has 4 heteroatoms. The van der Waals surface area contributed by atoms with Crippen molar-refractivity contribution in [3.63, 3.8) is 0 Å². The molecule has 5 rings (SSSR count). The second-order valence-corrected chi connectivity index (χ2v) is 10.1. The SMILES string of the molecule is CCn1c([C@]2(C)CCCN2C2=[C]C(c3cccc(OC)c3)CC=C2C)nc2cc(C)c(C)cc21. The molecule has 2 heterocycles. The number of methoxy groups -OCH3 is 1.